The van der Waals surface area contributed by atoms with Gasteiger partial charge in [-0.15, -0.1) is 0 Å². The maximum absolute atomic E-state index is 3.72. The molecule has 1 aliphatic heterocycles. The van der Waals surface area contributed by atoms with Gasteiger partial charge in [-0.2, -0.15) is 0 Å². The normalized spacial score (nSPS) is 25.6. The van der Waals surface area contributed by atoms with E-state index in [4.69, 9.17) is 0 Å². The molecule has 2 rings (SSSR count). The zero-order valence-corrected chi connectivity index (χ0v) is 13.5. The first-order valence-electron chi connectivity index (χ1n) is 8.17. The fourth-order valence-electron chi connectivity index (χ4n) is 3.19. The summed E-state index contributed by atoms with van der Waals surface area (Å²) in [7, 11) is 0. The lowest BCUT2D eigenvalue weighted by molar-refractivity contribution is 0.0831. The number of piperazine rings is 1. The smallest absolute Gasteiger partial charge is 0.0250 e. The molecule has 0 radical (unpaired) electrons. The minimum atomic E-state index is 0.652. The highest BCUT2D eigenvalue weighted by atomic mass is 15.2. The molecule has 1 heterocycles. The molecule has 20 heavy (non-hydrogen) atoms. The van der Waals surface area contributed by atoms with E-state index in [1.54, 1.807) is 0 Å². The first-order chi connectivity index (χ1) is 9.65. The molecule has 1 saturated heterocycles. The van der Waals surface area contributed by atoms with Gasteiger partial charge in [-0.1, -0.05) is 51.5 Å². The molecule has 112 valence electrons. The van der Waals surface area contributed by atoms with Gasteiger partial charge in [0.05, 0.1) is 0 Å². The molecule has 3 unspecified atom stereocenters. The van der Waals surface area contributed by atoms with Crippen LogP contribution in [0.1, 0.15) is 44.7 Å². The Morgan fingerprint density at radius 3 is 2.70 bits per heavy atom. The monoisotopic (exact) mass is 274 g/mol. The molecule has 2 heteroatoms. The number of benzene rings is 1. The molecule has 3 atom stereocenters. The minimum Gasteiger partial charge on any atom is -0.311 e. The molecule has 2 nitrogen and oxygen atoms in total. The quantitative estimate of drug-likeness (QED) is 0.882. The number of rotatable bonds is 5. The molecular weight excluding hydrogens is 244 g/mol. The molecule has 0 aliphatic carbocycles. The average Bonchev–Trinajstić information content (AvgIpc) is 2.48. The lowest BCUT2D eigenvalue weighted by Crippen LogP contribution is -2.57. The van der Waals surface area contributed by atoms with E-state index < -0.39 is 0 Å². The summed E-state index contributed by atoms with van der Waals surface area (Å²) < 4.78 is 0. The van der Waals surface area contributed by atoms with Crippen LogP contribution in [0.3, 0.4) is 0 Å². The molecule has 1 N–H and O–H groups in total. The van der Waals surface area contributed by atoms with Crippen molar-refractivity contribution < 1.29 is 0 Å². The van der Waals surface area contributed by atoms with Crippen molar-refractivity contribution in [2.24, 2.45) is 5.92 Å². The van der Waals surface area contributed by atoms with Crippen molar-refractivity contribution in [2.75, 3.05) is 13.1 Å². The Morgan fingerprint density at radius 1 is 1.30 bits per heavy atom. The third-order valence-electron chi connectivity index (χ3n) is 4.97. The van der Waals surface area contributed by atoms with Gasteiger partial charge >= 0.3 is 0 Å². The summed E-state index contributed by atoms with van der Waals surface area (Å²) in [5.41, 5.74) is 2.90. The summed E-state index contributed by atoms with van der Waals surface area (Å²) in [6.07, 6.45) is 2.48. The summed E-state index contributed by atoms with van der Waals surface area (Å²) in [6.45, 7) is 12.6. The van der Waals surface area contributed by atoms with Crippen molar-refractivity contribution in [3.8, 4) is 0 Å². The van der Waals surface area contributed by atoms with Crippen molar-refractivity contribution in [3.05, 3.63) is 35.4 Å². The summed E-state index contributed by atoms with van der Waals surface area (Å²) in [5, 5.41) is 3.72. The molecule has 0 amide bonds. The molecule has 0 saturated carbocycles. The number of hydrogen-bond donors (Lipinski definition) is 1. The molecule has 1 aromatic rings. The van der Waals surface area contributed by atoms with E-state index >= 15 is 0 Å². The largest absolute Gasteiger partial charge is 0.311 e. The predicted molar refractivity (Wildman–Crippen MR) is 86.9 cm³/mol. The second-order valence-electron chi connectivity index (χ2n) is 6.32. The van der Waals surface area contributed by atoms with Gasteiger partial charge in [0, 0.05) is 31.7 Å². The van der Waals surface area contributed by atoms with Crippen LogP contribution < -0.4 is 5.32 Å². The predicted octanol–water partition coefficient (Wildman–Crippen LogP) is 3.59. The zero-order valence-electron chi connectivity index (χ0n) is 13.5. The summed E-state index contributed by atoms with van der Waals surface area (Å²) in [5.74, 6) is 0.754. The number of hydrogen-bond acceptors (Lipinski definition) is 2. The maximum Gasteiger partial charge on any atom is 0.0250 e. The summed E-state index contributed by atoms with van der Waals surface area (Å²) in [4.78, 5) is 2.71. The van der Waals surface area contributed by atoms with Gasteiger partial charge in [0.1, 0.15) is 0 Å². The van der Waals surface area contributed by atoms with Gasteiger partial charge in [-0.05, 0) is 30.4 Å². The zero-order chi connectivity index (χ0) is 14.5. The Hall–Kier alpha value is -0.860. The highest BCUT2D eigenvalue weighted by molar-refractivity contribution is 5.25. The Kier molecular flexibility index (Phi) is 5.62. The Balaban J connectivity index is 2.12. The third-order valence-corrected chi connectivity index (χ3v) is 4.97. The fourth-order valence-corrected chi connectivity index (χ4v) is 3.19. The lowest BCUT2D eigenvalue weighted by atomic mass is 9.93. The first-order valence-corrected chi connectivity index (χ1v) is 8.17. The van der Waals surface area contributed by atoms with Gasteiger partial charge in [0.2, 0.25) is 0 Å². The molecule has 0 aromatic heterocycles. The molecule has 0 bridgehead atoms. The van der Waals surface area contributed by atoms with Gasteiger partial charge in [0.25, 0.3) is 0 Å². The van der Waals surface area contributed by atoms with Crippen molar-refractivity contribution in [2.45, 2.75) is 59.2 Å². The Labute approximate surface area is 124 Å². The Morgan fingerprint density at radius 2 is 2.05 bits per heavy atom. The second-order valence-corrected chi connectivity index (χ2v) is 6.32. The van der Waals surface area contributed by atoms with Gasteiger partial charge in [-0.3, -0.25) is 4.90 Å². The van der Waals surface area contributed by atoms with E-state index in [1.165, 1.54) is 30.5 Å². The SMILES string of the molecule is CCC1CN(Cc2ccccc2C)C(C(C)CC)CN1. The molecule has 1 aromatic carbocycles. The van der Waals surface area contributed by atoms with Gasteiger partial charge in [-0.25, -0.2) is 0 Å². The van der Waals surface area contributed by atoms with Crippen molar-refractivity contribution in [1.82, 2.24) is 10.2 Å². The van der Waals surface area contributed by atoms with Crippen LogP contribution >= 0.6 is 0 Å². The summed E-state index contributed by atoms with van der Waals surface area (Å²) >= 11 is 0. The van der Waals surface area contributed by atoms with Crippen LogP contribution in [-0.4, -0.2) is 30.1 Å². The third kappa shape index (κ3) is 3.62. The molecule has 0 spiro atoms. The van der Waals surface area contributed by atoms with E-state index in [1.807, 2.05) is 0 Å². The minimum absolute atomic E-state index is 0.652. The van der Waals surface area contributed by atoms with E-state index in [0.29, 0.717) is 12.1 Å². The summed E-state index contributed by atoms with van der Waals surface area (Å²) in [6, 6.07) is 10.1. The fraction of sp³-hybridized carbons (Fsp3) is 0.667. The van der Waals surface area contributed by atoms with Crippen molar-refractivity contribution >= 4 is 0 Å². The second kappa shape index (κ2) is 7.24. The maximum atomic E-state index is 3.72. The lowest BCUT2D eigenvalue weighted by Gasteiger charge is -2.43. The first kappa shape index (κ1) is 15.5. The van der Waals surface area contributed by atoms with E-state index in [9.17, 15) is 0 Å². The Bertz CT molecular complexity index is 416. The number of nitrogens with zero attached hydrogens (tertiary/aromatic N) is 1. The van der Waals surface area contributed by atoms with Crippen LogP contribution in [0.25, 0.3) is 0 Å². The van der Waals surface area contributed by atoms with Crippen LogP contribution in [0, 0.1) is 12.8 Å². The molecule has 1 aliphatic rings. The van der Waals surface area contributed by atoms with Crippen molar-refractivity contribution in [1.29, 1.82) is 0 Å². The van der Waals surface area contributed by atoms with E-state index in [0.717, 1.165) is 19.0 Å². The van der Waals surface area contributed by atoms with Crippen LogP contribution in [0.2, 0.25) is 0 Å². The van der Waals surface area contributed by atoms with Crippen LogP contribution in [0.5, 0.6) is 0 Å². The number of aryl methyl sites for hydroxylation is 1. The topological polar surface area (TPSA) is 15.3 Å². The number of nitrogens with one attached hydrogen (secondary N) is 1. The van der Waals surface area contributed by atoms with Gasteiger partial charge in [0.15, 0.2) is 0 Å². The van der Waals surface area contributed by atoms with Crippen LogP contribution in [-0.2, 0) is 6.54 Å². The standard InChI is InChI=1S/C18H30N2/c1-5-14(3)18-11-19-17(6-2)13-20(18)12-16-10-8-7-9-15(16)4/h7-10,14,17-19H,5-6,11-13H2,1-4H3. The van der Waals surface area contributed by atoms with Gasteiger partial charge < -0.3 is 5.32 Å². The van der Waals surface area contributed by atoms with Crippen molar-refractivity contribution in [3.63, 3.8) is 0 Å². The van der Waals surface area contributed by atoms with E-state index in [-0.39, 0.29) is 0 Å². The highest BCUT2D eigenvalue weighted by Crippen LogP contribution is 2.22. The van der Waals surface area contributed by atoms with Crippen LogP contribution in [0.4, 0.5) is 0 Å². The van der Waals surface area contributed by atoms with E-state index in [2.05, 4.69) is 62.2 Å². The molecule has 1 fully saturated rings. The molecular formula is C18H30N2. The van der Waals surface area contributed by atoms with Crippen LogP contribution in [0.15, 0.2) is 24.3 Å². The highest BCUT2D eigenvalue weighted by Gasteiger charge is 2.30. The average molecular weight is 274 g/mol.